The van der Waals surface area contributed by atoms with E-state index in [1.165, 1.54) is 30.5 Å². The molecule has 3 fully saturated rings. The van der Waals surface area contributed by atoms with E-state index in [1.807, 2.05) is 32.0 Å². The predicted molar refractivity (Wildman–Crippen MR) is 149 cm³/mol. The third-order valence-electron chi connectivity index (χ3n) is 8.52. The number of anilines is 1. The van der Waals surface area contributed by atoms with Crippen molar-refractivity contribution in [2.75, 3.05) is 57.3 Å². The van der Waals surface area contributed by atoms with Gasteiger partial charge in [0.15, 0.2) is 0 Å². The van der Waals surface area contributed by atoms with Crippen LogP contribution in [-0.2, 0) is 11.2 Å². The maximum absolute atomic E-state index is 13.3. The summed E-state index contributed by atoms with van der Waals surface area (Å²) in [5, 5.41) is 3.11. The van der Waals surface area contributed by atoms with Gasteiger partial charge >= 0.3 is 0 Å². The second-order valence-corrected chi connectivity index (χ2v) is 11.4. The molecule has 6 heteroatoms. The SMILES string of the molecule is Cc1cccc(C)c1C(=O)N1CC2CN(c3cccc(CCCNC(=O)CN4CCCCC4)c3)CC2C1. The molecule has 0 aliphatic carbocycles. The number of carbonyl (C=O) groups excluding carboxylic acids is 2. The van der Waals surface area contributed by atoms with Gasteiger partial charge in [0.1, 0.15) is 0 Å². The van der Waals surface area contributed by atoms with Crippen LogP contribution in [0.4, 0.5) is 5.69 Å². The van der Waals surface area contributed by atoms with Gasteiger partial charge in [0.05, 0.1) is 6.54 Å². The normalized spacial score (nSPS) is 21.8. The van der Waals surface area contributed by atoms with Gasteiger partial charge < -0.3 is 15.1 Å². The number of amides is 2. The number of hydrogen-bond donors (Lipinski definition) is 1. The van der Waals surface area contributed by atoms with Gasteiger partial charge in [-0.3, -0.25) is 14.5 Å². The van der Waals surface area contributed by atoms with Crippen LogP contribution in [0.5, 0.6) is 0 Å². The molecule has 0 saturated carbocycles. The number of piperidine rings is 1. The largest absolute Gasteiger partial charge is 0.371 e. The molecular weight excluding hydrogens is 460 g/mol. The highest BCUT2D eigenvalue weighted by atomic mass is 16.2. The van der Waals surface area contributed by atoms with Gasteiger partial charge in [0, 0.05) is 55.8 Å². The zero-order valence-corrected chi connectivity index (χ0v) is 22.5. The lowest BCUT2D eigenvalue weighted by Gasteiger charge is -2.25. The molecule has 2 unspecified atom stereocenters. The number of likely N-dealkylation sites (tertiary alicyclic amines) is 2. The Morgan fingerprint density at radius 2 is 1.57 bits per heavy atom. The van der Waals surface area contributed by atoms with Crippen molar-refractivity contribution in [3.8, 4) is 0 Å². The summed E-state index contributed by atoms with van der Waals surface area (Å²) in [6, 6.07) is 15.0. The standard InChI is InChI=1S/C31H42N4O2/c1-23-9-6-10-24(2)30(23)31(37)35-20-26-18-34(19-27(26)21-35)28-13-7-11-25(17-28)12-8-14-32-29(36)22-33-15-4-3-5-16-33/h6-7,9-11,13,17,26-27H,3-5,8,12,14-16,18-22H2,1-2H3,(H,32,36). The van der Waals surface area contributed by atoms with Crippen molar-refractivity contribution in [3.05, 3.63) is 64.7 Å². The molecule has 3 aliphatic rings. The van der Waals surface area contributed by atoms with Gasteiger partial charge in [-0.2, -0.15) is 0 Å². The molecule has 198 valence electrons. The number of rotatable bonds is 8. The Morgan fingerprint density at radius 1 is 0.892 bits per heavy atom. The fourth-order valence-electron chi connectivity index (χ4n) is 6.49. The molecule has 3 aliphatic heterocycles. The van der Waals surface area contributed by atoms with E-state index < -0.39 is 0 Å². The van der Waals surface area contributed by atoms with Crippen LogP contribution in [0.3, 0.4) is 0 Å². The highest BCUT2D eigenvalue weighted by Crippen LogP contribution is 2.35. The average Bonchev–Trinajstić information content (AvgIpc) is 3.47. The highest BCUT2D eigenvalue weighted by molar-refractivity contribution is 5.97. The van der Waals surface area contributed by atoms with E-state index in [1.54, 1.807) is 0 Å². The van der Waals surface area contributed by atoms with Crippen LogP contribution < -0.4 is 10.2 Å². The van der Waals surface area contributed by atoms with Gasteiger partial charge in [0.2, 0.25) is 5.91 Å². The minimum atomic E-state index is 0.157. The van der Waals surface area contributed by atoms with E-state index in [4.69, 9.17) is 0 Å². The van der Waals surface area contributed by atoms with Crippen molar-refractivity contribution in [2.24, 2.45) is 11.8 Å². The molecule has 3 heterocycles. The summed E-state index contributed by atoms with van der Waals surface area (Å²) in [6.45, 7) is 11.2. The molecule has 2 aromatic carbocycles. The van der Waals surface area contributed by atoms with Crippen LogP contribution in [-0.4, -0.2) is 74.0 Å². The fourth-order valence-corrected chi connectivity index (χ4v) is 6.49. The van der Waals surface area contributed by atoms with Crippen molar-refractivity contribution in [3.63, 3.8) is 0 Å². The number of benzene rings is 2. The summed E-state index contributed by atoms with van der Waals surface area (Å²) in [6.07, 6.45) is 5.64. The van der Waals surface area contributed by atoms with Crippen molar-refractivity contribution in [1.82, 2.24) is 15.1 Å². The topological polar surface area (TPSA) is 55.9 Å². The smallest absolute Gasteiger partial charge is 0.254 e. The van der Waals surface area contributed by atoms with Gasteiger partial charge in [-0.15, -0.1) is 0 Å². The first kappa shape index (κ1) is 25.8. The van der Waals surface area contributed by atoms with E-state index in [9.17, 15) is 9.59 Å². The molecule has 0 radical (unpaired) electrons. The molecular formula is C31H42N4O2. The van der Waals surface area contributed by atoms with Crippen molar-refractivity contribution in [2.45, 2.75) is 46.0 Å². The van der Waals surface area contributed by atoms with E-state index in [0.717, 1.165) is 75.3 Å². The zero-order valence-electron chi connectivity index (χ0n) is 22.5. The summed E-state index contributed by atoms with van der Waals surface area (Å²) in [5.74, 6) is 1.42. The van der Waals surface area contributed by atoms with Gasteiger partial charge in [-0.05, 0) is 81.4 Å². The second-order valence-electron chi connectivity index (χ2n) is 11.4. The molecule has 2 atom stereocenters. The van der Waals surface area contributed by atoms with Crippen molar-refractivity contribution in [1.29, 1.82) is 0 Å². The lowest BCUT2D eigenvalue weighted by atomic mass is 10.0. The molecule has 0 aromatic heterocycles. The van der Waals surface area contributed by atoms with Gasteiger partial charge in [-0.1, -0.05) is 36.8 Å². The summed E-state index contributed by atoms with van der Waals surface area (Å²) < 4.78 is 0. The quantitative estimate of drug-likeness (QED) is 0.554. The van der Waals surface area contributed by atoms with Crippen LogP contribution in [0.25, 0.3) is 0 Å². The number of nitrogens with zero attached hydrogens (tertiary/aromatic N) is 3. The first-order valence-electron chi connectivity index (χ1n) is 14.2. The Kier molecular flexibility index (Phi) is 8.14. The Bertz CT molecular complexity index is 1080. The fraction of sp³-hybridized carbons (Fsp3) is 0.548. The lowest BCUT2D eigenvalue weighted by molar-refractivity contribution is -0.122. The predicted octanol–water partition coefficient (Wildman–Crippen LogP) is 4.05. The molecule has 3 saturated heterocycles. The summed E-state index contributed by atoms with van der Waals surface area (Å²) in [4.78, 5) is 32.4. The molecule has 0 spiro atoms. The maximum Gasteiger partial charge on any atom is 0.254 e. The van der Waals surface area contributed by atoms with E-state index in [0.29, 0.717) is 18.4 Å². The van der Waals surface area contributed by atoms with Crippen LogP contribution in [0.1, 0.15) is 52.7 Å². The van der Waals surface area contributed by atoms with Crippen LogP contribution in [0.2, 0.25) is 0 Å². The highest BCUT2D eigenvalue weighted by Gasteiger charge is 2.42. The Morgan fingerprint density at radius 3 is 2.27 bits per heavy atom. The third kappa shape index (κ3) is 6.18. The second kappa shape index (κ2) is 11.7. The number of hydrogen-bond acceptors (Lipinski definition) is 4. The summed E-state index contributed by atoms with van der Waals surface area (Å²) in [5.41, 5.74) is 5.64. The number of nitrogens with one attached hydrogen (secondary N) is 1. The van der Waals surface area contributed by atoms with Gasteiger partial charge in [-0.25, -0.2) is 0 Å². The Balaban J connectivity index is 1.08. The summed E-state index contributed by atoms with van der Waals surface area (Å²) >= 11 is 0. The van der Waals surface area contributed by atoms with Crippen LogP contribution in [0.15, 0.2) is 42.5 Å². The summed E-state index contributed by atoms with van der Waals surface area (Å²) in [7, 11) is 0. The van der Waals surface area contributed by atoms with E-state index in [2.05, 4.69) is 44.3 Å². The molecule has 1 N–H and O–H groups in total. The van der Waals surface area contributed by atoms with Gasteiger partial charge in [0.25, 0.3) is 5.91 Å². The van der Waals surface area contributed by atoms with E-state index >= 15 is 0 Å². The molecule has 2 amide bonds. The minimum absolute atomic E-state index is 0.157. The average molecular weight is 503 g/mol. The van der Waals surface area contributed by atoms with Crippen molar-refractivity contribution < 1.29 is 9.59 Å². The zero-order chi connectivity index (χ0) is 25.8. The first-order chi connectivity index (χ1) is 18.0. The molecule has 5 rings (SSSR count). The first-order valence-corrected chi connectivity index (χ1v) is 14.2. The lowest BCUT2D eigenvalue weighted by Crippen LogP contribution is -2.40. The maximum atomic E-state index is 13.3. The van der Waals surface area contributed by atoms with Crippen LogP contribution >= 0.6 is 0 Å². The number of carbonyl (C=O) groups is 2. The monoisotopic (exact) mass is 502 g/mol. The molecule has 0 bridgehead atoms. The van der Waals surface area contributed by atoms with Crippen LogP contribution in [0, 0.1) is 25.7 Å². The van der Waals surface area contributed by atoms with Crippen molar-refractivity contribution >= 4 is 17.5 Å². The van der Waals surface area contributed by atoms with E-state index in [-0.39, 0.29) is 11.8 Å². The number of fused-ring (bicyclic) bond motifs is 1. The number of aryl methyl sites for hydroxylation is 3. The third-order valence-corrected chi connectivity index (χ3v) is 8.52. The Hall–Kier alpha value is -2.86. The molecule has 6 nitrogen and oxygen atoms in total. The minimum Gasteiger partial charge on any atom is -0.371 e. The molecule has 37 heavy (non-hydrogen) atoms. The molecule has 2 aromatic rings. The Labute approximate surface area is 222 Å².